The largest absolute Gasteiger partial charge is 0.450 e. The van der Waals surface area contributed by atoms with Crippen molar-refractivity contribution >= 4 is 23.9 Å². The van der Waals surface area contributed by atoms with E-state index in [1.165, 1.54) is 36.4 Å². The zero-order chi connectivity index (χ0) is 31.3. The highest BCUT2D eigenvalue weighted by atomic mass is 16.6. The number of benzene rings is 4. The second kappa shape index (κ2) is 15.5. The molecule has 0 bridgehead atoms. The Morgan fingerprint density at radius 3 is 0.864 bits per heavy atom. The minimum absolute atomic E-state index is 0.180. The summed E-state index contributed by atoms with van der Waals surface area (Å²) in [7, 11) is 0. The molecule has 0 saturated heterocycles. The third-order valence-electron chi connectivity index (χ3n) is 6.45. The van der Waals surface area contributed by atoms with Gasteiger partial charge in [0.25, 0.3) is 0 Å². The summed E-state index contributed by atoms with van der Waals surface area (Å²) >= 11 is 0. The van der Waals surface area contributed by atoms with Crippen LogP contribution in [0.2, 0.25) is 0 Å². The highest BCUT2D eigenvalue weighted by Gasteiger charge is 2.43. The molecule has 4 aromatic carbocycles. The van der Waals surface area contributed by atoms with Crippen molar-refractivity contribution in [3.05, 3.63) is 169 Å². The first-order valence-corrected chi connectivity index (χ1v) is 13.7. The first-order valence-electron chi connectivity index (χ1n) is 13.7. The van der Waals surface area contributed by atoms with Gasteiger partial charge in [0.15, 0.2) is 24.4 Å². The Bertz CT molecular complexity index is 1450. The van der Waals surface area contributed by atoms with Crippen LogP contribution in [0.25, 0.3) is 0 Å². The van der Waals surface area contributed by atoms with Gasteiger partial charge in [-0.25, -0.2) is 19.2 Å². The molecule has 8 heteroatoms. The van der Waals surface area contributed by atoms with Gasteiger partial charge in [-0.15, -0.1) is 0 Å². The fourth-order valence-electron chi connectivity index (χ4n) is 4.20. The number of hydrogen-bond donors (Lipinski definition) is 0. The van der Waals surface area contributed by atoms with E-state index in [2.05, 4.69) is 13.2 Å². The van der Waals surface area contributed by atoms with E-state index < -0.39 is 48.3 Å². The quantitative estimate of drug-likeness (QED) is 0.102. The van der Waals surface area contributed by atoms with Gasteiger partial charge in [-0.1, -0.05) is 86.0 Å². The summed E-state index contributed by atoms with van der Waals surface area (Å²) in [5.41, 5.74) is 0.806. The van der Waals surface area contributed by atoms with E-state index in [9.17, 15) is 19.2 Å². The summed E-state index contributed by atoms with van der Waals surface area (Å²) in [5, 5.41) is 0. The standard InChI is InChI=1S/C36H30O8/c1-3-29(41-33(37)25-17-9-5-10-18-25)31(43-35(39)27-21-13-7-14-22-27)32(44-36(40)28-23-15-8-16-24-28)30(4-2)42-34(38)26-19-11-6-12-20-26/h3-24,29-32H,1-2H2/t29-,30-,31-,32-/m0/s1. The van der Waals surface area contributed by atoms with Crippen LogP contribution in [0, 0.1) is 0 Å². The van der Waals surface area contributed by atoms with Crippen LogP contribution in [0.15, 0.2) is 147 Å². The van der Waals surface area contributed by atoms with Crippen molar-refractivity contribution in [2.24, 2.45) is 0 Å². The van der Waals surface area contributed by atoms with Crippen molar-refractivity contribution in [1.82, 2.24) is 0 Å². The van der Waals surface area contributed by atoms with E-state index in [0.717, 1.165) is 0 Å². The molecule has 0 aliphatic carbocycles. The molecule has 0 N–H and O–H groups in total. The molecule has 0 aromatic heterocycles. The predicted octanol–water partition coefficient (Wildman–Crippen LogP) is 6.26. The van der Waals surface area contributed by atoms with Crippen molar-refractivity contribution in [2.75, 3.05) is 0 Å². The molecule has 0 aliphatic rings. The monoisotopic (exact) mass is 590 g/mol. The van der Waals surface area contributed by atoms with Gasteiger partial charge in [0.2, 0.25) is 0 Å². The molecule has 0 unspecified atom stereocenters. The molecule has 0 saturated carbocycles. The van der Waals surface area contributed by atoms with E-state index in [-0.39, 0.29) is 22.3 Å². The Labute approximate surface area is 255 Å². The summed E-state index contributed by atoms with van der Waals surface area (Å²) in [6.45, 7) is 7.56. The van der Waals surface area contributed by atoms with Crippen LogP contribution in [-0.2, 0) is 18.9 Å². The molecule has 8 nitrogen and oxygen atoms in total. The van der Waals surface area contributed by atoms with Crippen molar-refractivity contribution in [1.29, 1.82) is 0 Å². The SMILES string of the molecule is C=C[C@H](OC(=O)c1ccccc1)[C@H](OC(=O)c1ccccc1)[C@@H](OC(=O)c1ccccc1)[C@H](C=C)OC(=O)c1ccccc1. The topological polar surface area (TPSA) is 105 Å². The van der Waals surface area contributed by atoms with Gasteiger partial charge in [-0.05, 0) is 60.7 Å². The zero-order valence-corrected chi connectivity index (χ0v) is 23.7. The number of ether oxygens (including phenoxy) is 4. The molecule has 4 rings (SSSR count). The fourth-order valence-corrected chi connectivity index (χ4v) is 4.20. The molecule has 222 valence electrons. The van der Waals surface area contributed by atoms with Gasteiger partial charge < -0.3 is 18.9 Å². The van der Waals surface area contributed by atoms with Crippen LogP contribution < -0.4 is 0 Å². The van der Waals surface area contributed by atoms with Gasteiger partial charge in [-0.2, -0.15) is 0 Å². The Morgan fingerprint density at radius 2 is 0.636 bits per heavy atom. The third kappa shape index (κ3) is 8.17. The molecule has 0 amide bonds. The highest BCUT2D eigenvalue weighted by Crippen LogP contribution is 2.24. The maximum absolute atomic E-state index is 13.4. The summed E-state index contributed by atoms with van der Waals surface area (Å²) < 4.78 is 23.3. The van der Waals surface area contributed by atoms with Crippen LogP contribution in [0.5, 0.6) is 0 Å². The summed E-state index contributed by atoms with van der Waals surface area (Å²) in [5.74, 6) is -3.12. The highest BCUT2D eigenvalue weighted by molar-refractivity contribution is 5.92. The Balaban J connectivity index is 1.75. The maximum Gasteiger partial charge on any atom is 0.338 e. The predicted molar refractivity (Wildman–Crippen MR) is 163 cm³/mol. The Kier molecular flexibility index (Phi) is 11.0. The molecule has 0 spiro atoms. The lowest BCUT2D eigenvalue weighted by molar-refractivity contribution is -0.104. The molecule has 44 heavy (non-hydrogen) atoms. The molecule has 4 atom stereocenters. The minimum Gasteiger partial charge on any atom is -0.450 e. The molecule has 0 radical (unpaired) electrons. The molecular weight excluding hydrogens is 560 g/mol. The lowest BCUT2D eigenvalue weighted by atomic mass is 10.0. The number of esters is 4. The number of rotatable bonds is 13. The second-order valence-corrected chi connectivity index (χ2v) is 9.42. The van der Waals surface area contributed by atoms with Gasteiger partial charge >= 0.3 is 23.9 Å². The average Bonchev–Trinajstić information content (AvgIpc) is 3.09. The first-order chi connectivity index (χ1) is 21.4. The van der Waals surface area contributed by atoms with E-state index in [0.29, 0.717) is 0 Å². The average molecular weight is 591 g/mol. The van der Waals surface area contributed by atoms with E-state index in [1.54, 1.807) is 97.1 Å². The fraction of sp³-hybridized carbons (Fsp3) is 0.111. The first kappa shape index (κ1) is 31.2. The molecule has 4 aromatic rings. The van der Waals surface area contributed by atoms with Gasteiger partial charge in [0, 0.05) is 0 Å². The van der Waals surface area contributed by atoms with E-state index in [4.69, 9.17) is 18.9 Å². The summed E-state index contributed by atoms with van der Waals surface area (Å²) in [4.78, 5) is 53.0. The second-order valence-electron chi connectivity index (χ2n) is 9.42. The van der Waals surface area contributed by atoms with Gasteiger partial charge in [-0.3, -0.25) is 0 Å². The normalized spacial score (nSPS) is 13.2. The van der Waals surface area contributed by atoms with Crippen molar-refractivity contribution in [2.45, 2.75) is 24.4 Å². The molecule has 0 heterocycles. The van der Waals surface area contributed by atoms with Crippen LogP contribution >= 0.6 is 0 Å². The summed E-state index contributed by atoms with van der Waals surface area (Å²) in [6, 6.07) is 32.5. The number of hydrogen-bond acceptors (Lipinski definition) is 8. The lowest BCUT2D eigenvalue weighted by Gasteiger charge is -2.34. The molecular formula is C36H30O8. The number of carbonyl (C=O) groups is 4. The Hall–Kier alpha value is -5.76. The van der Waals surface area contributed by atoms with Crippen LogP contribution in [-0.4, -0.2) is 48.3 Å². The van der Waals surface area contributed by atoms with Crippen molar-refractivity contribution < 1.29 is 38.1 Å². The minimum atomic E-state index is -1.54. The third-order valence-corrected chi connectivity index (χ3v) is 6.45. The van der Waals surface area contributed by atoms with E-state index >= 15 is 0 Å². The molecule has 0 fully saturated rings. The van der Waals surface area contributed by atoms with Crippen LogP contribution in [0.4, 0.5) is 0 Å². The van der Waals surface area contributed by atoms with Gasteiger partial charge in [0.1, 0.15) is 0 Å². The zero-order valence-electron chi connectivity index (χ0n) is 23.7. The Morgan fingerprint density at radius 1 is 0.409 bits per heavy atom. The maximum atomic E-state index is 13.4. The summed E-state index contributed by atoms with van der Waals surface area (Å²) in [6.07, 6.45) is -3.30. The van der Waals surface area contributed by atoms with E-state index in [1.807, 2.05) is 0 Å². The number of carbonyl (C=O) groups excluding carboxylic acids is 4. The van der Waals surface area contributed by atoms with Crippen molar-refractivity contribution in [3.8, 4) is 0 Å². The lowest BCUT2D eigenvalue weighted by Crippen LogP contribution is -2.51. The van der Waals surface area contributed by atoms with Gasteiger partial charge in [0.05, 0.1) is 22.3 Å². The van der Waals surface area contributed by atoms with Crippen molar-refractivity contribution in [3.63, 3.8) is 0 Å². The van der Waals surface area contributed by atoms with Crippen LogP contribution in [0.3, 0.4) is 0 Å². The van der Waals surface area contributed by atoms with Crippen LogP contribution in [0.1, 0.15) is 41.4 Å². The molecule has 0 aliphatic heterocycles. The smallest absolute Gasteiger partial charge is 0.338 e.